The van der Waals surface area contributed by atoms with Crippen molar-refractivity contribution in [2.75, 3.05) is 26.2 Å². The third-order valence-corrected chi connectivity index (χ3v) is 6.74. The zero-order chi connectivity index (χ0) is 19.8. The average Bonchev–Trinajstić information content (AvgIpc) is 2.70. The highest BCUT2D eigenvalue weighted by Crippen LogP contribution is 2.48. The van der Waals surface area contributed by atoms with Gasteiger partial charge in [0.2, 0.25) is 0 Å². The van der Waals surface area contributed by atoms with E-state index in [4.69, 9.17) is 16.7 Å². The minimum absolute atomic E-state index is 0.0724. The number of nitrogens with one attached hydrogen (secondary N) is 2. The highest BCUT2D eigenvalue weighted by Gasteiger charge is 2.39. The van der Waals surface area contributed by atoms with E-state index < -0.39 is 0 Å². The summed E-state index contributed by atoms with van der Waals surface area (Å²) >= 11 is 6.27. The van der Waals surface area contributed by atoms with Gasteiger partial charge in [0, 0.05) is 25.0 Å². The molecule has 0 spiro atoms. The molecule has 28 heavy (non-hydrogen) atoms. The second-order valence-electron chi connectivity index (χ2n) is 8.62. The molecule has 5 nitrogen and oxygen atoms in total. The van der Waals surface area contributed by atoms with Crippen molar-refractivity contribution in [3.05, 3.63) is 28.5 Å². The van der Waals surface area contributed by atoms with Crippen molar-refractivity contribution < 1.29 is 9.90 Å². The van der Waals surface area contributed by atoms with E-state index >= 15 is 0 Å². The summed E-state index contributed by atoms with van der Waals surface area (Å²) in [6.45, 7) is 2.67. The maximum Gasteiger partial charge on any atom is 0.252 e. The monoisotopic (exact) mass is 407 g/mol. The molecule has 0 aliphatic heterocycles. The van der Waals surface area contributed by atoms with Gasteiger partial charge in [0.1, 0.15) is 0 Å². The van der Waals surface area contributed by atoms with E-state index in [0.29, 0.717) is 16.0 Å². The summed E-state index contributed by atoms with van der Waals surface area (Å²) in [4.78, 5) is 17.2. The molecule has 1 amide bonds. The minimum atomic E-state index is -0.0724. The van der Waals surface area contributed by atoms with Crippen LogP contribution in [0.1, 0.15) is 73.8 Å². The van der Waals surface area contributed by atoms with Crippen LogP contribution in [0.2, 0.25) is 5.02 Å². The minimum Gasteiger partial charge on any atom is -0.396 e. The van der Waals surface area contributed by atoms with Gasteiger partial charge >= 0.3 is 0 Å². The molecule has 2 fully saturated rings. The average molecular weight is 408 g/mol. The van der Waals surface area contributed by atoms with E-state index in [1.807, 2.05) is 6.07 Å². The van der Waals surface area contributed by atoms with Gasteiger partial charge in [0.05, 0.1) is 10.6 Å². The SMILES string of the molecule is O=C(NCC12CCCC(CCC1)C2)c1cc(CCCNCCCO)ncc1Cl. The molecule has 2 saturated carbocycles. The lowest BCUT2D eigenvalue weighted by Gasteiger charge is -2.45. The number of hydrogen-bond donors (Lipinski definition) is 3. The molecule has 1 heterocycles. The highest BCUT2D eigenvalue weighted by molar-refractivity contribution is 6.33. The zero-order valence-electron chi connectivity index (χ0n) is 16.8. The molecule has 2 bridgehead atoms. The molecule has 3 N–H and O–H groups in total. The standard InChI is InChI=1S/C22H34ClN3O2/c23-20-15-25-18(7-3-10-24-11-4-12-27)13-19(20)21(28)26-16-22-8-1-5-17(14-22)6-2-9-22/h13,15,17,24,27H,1-12,14,16H2,(H,26,28). The van der Waals surface area contributed by atoms with E-state index in [9.17, 15) is 4.79 Å². The Bertz CT molecular complexity index is 643. The number of carbonyl (C=O) groups is 1. The third-order valence-electron chi connectivity index (χ3n) is 6.44. The van der Waals surface area contributed by atoms with Crippen molar-refractivity contribution >= 4 is 17.5 Å². The second-order valence-corrected chi connectivity index (χ2v) is 9.03. The van der Waals surface area contributed by atoms with Gasteiger partial charge in [-0.3, -0.25) is 9.78 Å². The fraction of sp³-hybridized carbons (Fsp3) is 0.727. The van der Waals surface area contributed by atoms with Gasteiger partial charge in [0.15, 0.2) is 0 Å². The van der Waals surface area contributed by atoms with Crippen LogP contribution in [0.4, 0.5) is 0 Å². The largest absolute Gasteiger partial charge is 0.396 e. The van der Waals surface area contributed by atoms with Crippen LogP contribution in [0.3, 0.4) is 0 Å². The molecule has 0 aromatic carbocycles. The number of aliphatic hydroxyl groups is 1. The van der Waals surface area contributed by atoms with Gasteiger partial charge in [-0.1, -0.05) is 37.3 Å². The molecule has 2 aliphatic carbocycles. The normalized spacial score (nSPS) is 24.1. The molecule has 6 heteroatoms. The van der Waals surface area contributed by atoms with Crippen LogP contribution >= 0.6 is 11.6 Å². The number of fused-ring (bicyclic) bond motifs is 2. The predicted octanol–water partition coefficient (Wildman–Crippen LogP) is 3.73. The lowest BCUT2D eigenvalue weighted by Crippen LogP contribution is -2.43. The van der Waals surface area contributed by atoms with Gasteiger partial charge in [-0.05, 0) is 69.0 Å². The van der Waals surface area contributed by atoms with Crippen molar-refractivity contribution in [1.82, 2.24) is 15.6 Å². The summed E-state index contributed by atoms with van der Waals surface area (Å²) in [7, 11) is 0. The lowest BCUT2D eigenvalue weighted by atomic mass is 9.62. The topological polar surface area (TPSA) is 74.2 Å². The summed E-state index contributed by atoms with van der Waals surface area (Å²) in [5.41, 5.74) is 1.74. The summed E-state index contributed by atoms with van der Waals surface area (Å²) < 4.78 is 0. The number of rotatable bonds is 10. The van der Waals surface area contributed by atoms with E-state index in [-0.39, 0.29) is 12.5 Å². The van der Waals surface area contributed by atoms with E-state index in [1.54, 1.807) is 6.20 Å². The van der Waals surface area contributed by atoms with Gasteiger partial charge in [-0.15, -0.1) is 0 Å². The number of aryl methyl sites for hydroxylation is 1. The molecule has 0 atom stereocenters. The lowest BCUT2D eigenvalue weighted by molar-refractivity contribution is 0.0681. The molecular weight excluding hydrogens is 374 g/mol. The first-order valence-corrected chi connectivity index (χ1v) is 11.2. The Kier molecular flexibility index (Phi) is 8.12. The predicted molar refractivity (Wildman–Crippen MR) is 113 cm³/mol. The maximum absolute atomic E-state index is 12.8. The molecule has 1 aromatic rings. The van der Waals surface area contributed by atoms with Crippen molar-refractivity contribution in [1.29, 1.82) is 0 Å². The number of aromatic nitrogens is 1. The van der Waals surface area contributed by atoms with Gasteiger partial charge < -0.3 is 15.7 Å². The number of carbonyl (C=O) groups excluding carboxylic acids is 1. The fourth-order valence-corrected chi connectivity index (χ4v) is 5.14. The number of aliphatic hydroxyl groups excluding tert-OH is 1. The van der Waals surface area contributed by atoms with Crippen LogP contribution in [-0.4, -0.2) is 42.2 Å². The van der Waals surface area contributed by atoms with E-state index in [0.717, 1.165) is 50.5 Å². The Morgan fingerprint density at radius 1 is 1.25 bits per heavy atom. The number of pyridine rings is 1. The summed E-state index contributed by atoms with van der Waals surface area (Å²) in [6.07, 6.45) is 13.2. The van der Waals surface area contributed by atoms with Gasteiger partial charge in [-0.2, -0.15) is 0 Å². The number of hydrogen-bond acceptors (Lipinski definition) is 4. The summed E-state index contributed by atoms with van der Waals surface area (Å²) in [5, 5.41) is 15.7. The molecule has 0 unspecified atom stereocenters. The van der Waals surface area contributed by atoms with E-state index in [2.05, 4.69) is 15.6 Å². The highest BCUT2D eigenvalue weighted by atomic mass is 35.5. The first kappa shape index (κ1) is 21.5. The van der Waals surface area contributed by atoms with Crippen molar-refractivity contribution in [3.63, 3.8) is 0 Å². The van der Waals surface area contributed by atoms with Crippen LogP contribution < -0.4 is 10.6 Å². The molecule has 0 saturated heterocycles. The maximum atomic E-state index is 12.8. The molecule has 1 aromatic heterocycles. The van der Waals surface area contributed by atoms with Gasteiger partial charge in [-0.25, -0.2) is 0 Å². The Morgan fingerprint density at radius 2 is 2.00 bits per heavy atom. The van der Waals surface area contributed by atoms with Crippen LogP contribution in [-0.2, 0) is 6.42 Å². The quantitative estimate of drug-likeness (QED) is 0.516. The number of halogens is 1. The van der Waals surface area contributed by atoms with Crippen molar-refractivity contribution in [2.24, 2.45) is 11.3 Å². The number of nitrogens with zero attached hydrogens (tertiary/aromatic N) is 1. The smallest absolute Gasteiger partial charge is 0.252 e. The van der Waals surface area contributed by atoms with Crippen LogP contribution in [0.15, 0.2) is 12.3 Å². The third kappa shape index (κ3) is 5.91. The Hall–Kier alpha value is -1.17. The van der Waals surface area contributed by atoms with Gasteiger partial charge in [0.25, 0.3) is 5.91 Å². The first-order valence-electron chi connectivity index (χ1n) is 10.9. The first-order chi connectivity index (χ1) is 13.6. The molecule has 2 aliphatic rings. The fourth-order valence-electron chi connectivity index (χ4n) is 4.95. The van der Waals surface area contributed by atoms with Crippen molar-refractivity contribution in [3.8, 4) is 0 Å². The van der Waals surface area contributed by atoms with Crippen LogP contribution in [0.25, 0.3) is 0 Å². The zero-order valence-corrected chi connectivity index (χ0v) is 17.6. The summed E-state index contributed by atoms with van der Waals surface area (Å²) in [5.74, 6) is 0.790. The molecule has 3 rings (SSSR count). The summed E-state index contributed by atoms with van der Waals surface area (Å²) in [6, 6.07) is 1.84. The molecular formula is C22H34ClN3O2. The molecule has 156 valence electrons. The van der Waals surface area contributed by atoms with Crippen molar-refractivity contribution in [2.45, 2.75) is 64.2 Å². The number of amides is 1. The Morgan fingerprint density at radius 3 is 2.75 bits per heavy atom. The molecule has 0 radical (unpaired) electrons. The Balaban J connectivity index is 1.51. The second kappa shape index (κ2) is 10.6. The van der Waals surface area contributed by atoms with E-state index in [1.165, 1.54) is 44.9 Å². The van der Waals surface area contributed by atoms with Crippen LogP contribution in [0, 0.1) is 11.3 Å². The Labute approximate surface area is 173 Å². The van der Waals surface area contributed by atoms with Crippen LogP contribution in [0.5, 0.6) is 0 Å².